The zero-order chi connectivity index (χ0) is 25.0. The zero-order valence-electron chi connectivity index (χ0n) is 19.2. The van der Waals surface area contributed by atoms with Crippen LogP contribution in [-0.4, -0.2) is 43.9 Å². The Balaban J connectivity index is 1.73. The molecule has 0 aromatic carbocycles. The molecule has 34 heavy (non-hydrogen) atoms. The molecule has 3 rings (SSSR count). The summed E-state index contributed by atoms with van der Waals surface area (Å²) in [4.78, 5) is 48.5. The van der Waals surface area contributed by atoms with Crippen molar-refractivity contribution in [2.75, 3.05) is 22.5 Å². The smallest absolute Gasteiger partial charge is 0.272 e. The maximum absolute atomic E-state index is 12.8. The van der Waals surface area contributed by atoms with Gasteiger partial charge in [0.05, 0.1) is 17.1 Å². The van der Waals surface area contributed by atoms with Crippen molar-refractivity contribution in [3.05, 3.63) is 53.9 Å². The Morgan fingerprint density at radius 1 is 0.794 bits per heavy atom. The Labute approximate surface area is 195 Å². The minimum Gasteiger partial charge on any atom is -0.364 e. The first-order valence-corrected chi connectivity index (χ1v) is 10.5. The summed E-state index contributed by atoms with van der Waals surface area (Å²) in [5, 5.41) is 8.12. The molecule has 3 aromatic heterocycles. The van der Waals surface area contributed by atoms with E-state index in [-0.39, 0.29) is 17.3 Å². The predicted molar refractivity (Wildman–Crippen MR) is 128 cm³/mol. The van der Waals surface area contributed by atoms with Gasteiger partial charge >= 0.3 is 0 Å². The molecule has 0 spiro atoms. The van der Waals surface area contributed by atoms with Gasteiger partial charge in [-0.05, 0) is 31.2 Å². The fourth-order valence-electron chi connectivity index (χ4n) is 3.54. The second kappa shape index (κ2) is 10.1. The first kappa shape index (κ1) is 24.3. The number of aryl methyl sites for hydroxylation is 3. The Hall–Kier alpha value is -4.32. The number of primary amides is 1. The first-order valence-electron chi connectivity index (χ1n) is 10.5. The molecule has 12 nitrogen and oxygen atoms in total. The van der Waals surface area contributed by atoms with Crippen LogP contribution in [0.25, 0.3) is 0 Å². The van der Waals surface area contributed by atoms with Gasteiger partial charge in [-0.15, -0.1) is 0 Å². The number of nitrogens with two attached hydrogens (primary N) is 2. The van der Waals surface area contributed by atoms with Crippen molar-refractivity contribution < 1.29 is 19.2 Å². The lowest BCUT2D eigenvalue weighted by Gasteiger charge is -2.05. The molecule has 180 valence electrons. The topological polar surface area (TPSA) is 171 Å². The molecule has 12 heteroatoms. The van der Waals surface area contributed by atoms with Gasteiger partial charge in [-0.1, -0.05) is 0 Å². The normalized spacial score (nSPS) is 10.7. The van der Waals surface area contributed by atoms with Gasteiger partial charge in [-0.25, -0.2) is 0 Å². The van der Waals surface area contributed by atoms with Crippen LogP contribution in [0.15, 0.2) is 36.8 Å². The van der Waals surface area contributed by atoms with E-state index in [0.29, 0.717) is 42.3 Å². The van der Waals surface area contributed by atoms with Gasteiger partial charge in [0, 0.05) is 46.2 Å². The number of nitrogens with one attached hydrogen (secondary N) is 3. The molecule has 7 N–H and O–H groups in total. The van der Waals surface area contributed by atoms with Crippen LogP contribution in [0.5, 0.6) is 0 Å². The van der Waals surface area contributed by atoms with Crippen molar-refractivity contribution in [1.29, 1.82) is 0 Å². The molecule has 3 aromatic rings. The van der Waals surface area contributed by atoms with Crippen LogP contribution in [-0.2, 0) is 25.4 Å². The number of nitrogens with zero attached hydrogens (tertiary/aromatic N) is 3. The SMILES string of the molecule is CC(=O)Nc1cc(C(=O)Nc2cc(C(=O)Nc3cc(C(N)=O)n(CCCN)c3)n(C)c2)n(C)c1. The maximum Gasteiger partial charge on any atom is 0.272 e. The van der Waals surface area contributed by atoms with Crippen molar-refractivity contribution >= 4 is 40.7 Å². The number of amides is 4. The van der Waals surface area contributed by atoms with E-state index in [4.69, 9.17) is 11.5 Å². The standard InChI is InChI=1S/C22H28N8O4/c1-13(31)25-14-8-18(28(2)10-14)21(33)26-15-9-19(29(3)11-15)22(34)27-16-7-17(20(24)32)30(12-16)6-4-5-23/h7-12H,4-6,23H2,1-3H3,(H2,24,32)(H,25,31)(H,26,33)(H,27,34). The van der Waals surface area contributed by atoms with Crippen LogP contribution in [0.3, 0.4) is 0 Å². The minimum atomic E-state index is -0.608. The lowest BCUT2D eigenvalue weighted by atomic mass is 10.3. The summed E-state index contributed by atoms with van der Waals surface area (Å²) in [6.07, 6.45) is 5.50. The lowest BCUT2D eigenvalue weighted by Crippen LogP contribution is -2.17. The molecule has 0 bridgehead atoms. The van der Waals surface area contributed by atoms with E-state index in [1.807, 2.05) is 0 Å². The molecule has 0 atom stereocenters. The molecule has 0 aliphatic rings. The molecule has 3 heterocycles. The van der Waals surface area contributed by atoms with Crippen LogP contribution in [0.4, 0.5) is 17.1 Å². The van der Waals surface area contributed by atoms with Gasteiger partial charge in [0.2, 0.25) is 5.91 Å². The molecule has 0 aliphatic carbocycles. The first-order chi connectivity index (χ1) is 16.1. The van der Waals surface area contributed by atoms with E-state index in [0.717, 1.165) is 0 Å². The third-order valence-corrected chi connectivity index (χ3v) is 5.06. The van der Waals surface area contributed by atoms with Gasteiger partial charge in [0.1, 0.15) is 17.1 Å². The number of carbonyl (C=O) groups excluding carboxylic acids is 4. The van der Waals surface area contributed by atoms with E-state index in [1.165, 1.54) is 19.1 Å². The Morgan fingerprint density at radius 3 is 1.74 bits per heavy atom. The highest BCUT2D eigenvalue weighted by Gasteiger charge is 2.18. The van der Waals surface area contributed by atoms with Gasteiger partial charge < -0.3 is 41.1 Å². The van der Waals surface area contributed by atoms with E-state index >= 15 is 0 Å². The molecule has 0 fully saturated rings. The third kappa shape index (κ3) is 5.53. The summed E-state index contributed by atoms with van der Waals surface area (Å²) in [6, 6.07) is 4.59. The Morgan fingerprint density at radius 2 is 1.26 bits per heavy atom. The van der Waals surface area contributed by atoms with E-state index in [9.17, 15) is 19.2 Å². The highest BCUT2D eigenvalue weighted by molar-refractivity contribution is 6.07. The molecule has 0 radical (unpaired) electrons. The van der Waals surface area contributed by atoms with E-state index in [1.54, 1.807) is 52.5 Å². The van der Waals surface area contributed by atoms with Gasteiger partial charge in [0.25, 0.3) is 17.7 Å². The molecular weight excluding hydrogens is 440 g/mol. The van der Waals surface area contributed by atoms with Crippen LogP contribution < -0.4 is 27.4 Å². The number of hydrogen-bond acceptors (Lipinski definition) is 5. The van der Waals surface area contributed by atoms with Gasteiger partial charge in [0.15, 0.2) is 0 Å². The summed E-state index contributed by atoms with van der Waals surface area (Å²) < 4.78 is 4.80. The largest absolute Gasteiger partial charge is 0.364 e. The van der Waals surface area contributed by atoms with Crippen LogP contribution in [0.1, 0.15) is 44.8 Å². The maximum atomic E-state index is 12.8. The highest BCUT2D eigenvalue weighted by atomic mass is 16.2. The van der Waals surface area contributed by atoms with Crippen molar-refractivity contribution in [2.24, 2.45) is 25.6 Å². The Kier molecular flexibility index (Phi) is 7.21. The fourth-order valence-corrected chi connectivity index (χ4v) is 3.54. The lowest BCUT2D eigenvalue weighted by molar-refractivity contribution is -0.114. The molecule has 0 aliphatic heterocycles. The van der Waals surface area contributed by atoms with Crippen molar-refractivity contribution in [2.45, 2.75) is 19.9 Å². The average molecular weight is 469 g/mol. The van der Waals surface area contributed by atoms with Crippen LogP contribution >= 0.6 is 0 Å². The average Bonchev–Trinajstić information content (AvgIpc) is 3.42. The fraction of sp³-hybridized carbons (Fsp3) is 0.273. The van der Waals surface area contributed by atoms with Crippen LogP contribution in [0.2, 0.25) is 0 Å². The molecule has 0 saturated heterocycles. The van der Waals surface area contributed by atoms with Crippen LogP contribution in [0, 0.1) is 0 Å². The molecular formula is C22H28N8O4. The van der Waals surface area contributed by atoms with Crippen molar-refractivity contribution in [3.8, 4) is 0 Å². The quantitative estimate of drug-likeness (QED) is 0.316. The number of aromatic nitrogens is 3. The Bertz CT molecular complexity index is 1250. The van der Waals surface area contributed by atoms with E-state index in [2.05, 4.69) is 16.0 Å². The number of rotatable bonds is 9. The second-order valence-electron chi connectivity index (χ2n) is 7.85. The molecule has 0 saturated carbocycles. The summed E-state index contributed by atoms with van der Waals surface area (Å²) >= 11 is 0. The zero-order valence-corrected chi connectivity index (χ0v) is 19.2. The highest BCUT2D eigenvalue weighted by Crippen LogP contribution is 2.20. The van der Waals surface area contributed by atoms with E-state index < -0.39 is 17.7 Å². The number of hydrogen-bond donors (Lipinski definition) is 5. The monoisotopic (exact) mass is 468 g/mol. The van der Waals surface area contributed by atoms with Crippen molar-refractivity contribution in [1.82, 2.24) is 13.7 Å². The second-order valence-corrected chi connectivity index (χ2v) is 7.85. The summed E-state index contributed by atoms with van der Waals surface area (Å²) in [6.45, 7) is 2.33. The van der Waals surface area contributed by atoms with Gasteiger partial charge in [-0.3, -0.25) is 19.2 Å². The van der Waals surface area contributed by atoms with Crippen molar-refractivity contribution in [3.63, 3.8) is 0 Å². The van der Waals surface area contributed by atoms with Gasteiger partial charge in [-0.2, -0.15) is 0 Å². The summed E-state index contributed by atoms with van der Waals surface area (Å²) in [5.41, 5.74) is 13.2. The predicted octanol–water partition coefficient (Wildman–Crippen LogP) is 1.08. The summed E-state index contributed by atoms with van der Waals surface area (Å²) in [7, 11) is 3.35. The molecule has 0 unspecified atom stereocenters. The third-order valence-electron chi connectivity index (χ3n) is 5.06. The number of anilines is 3. The molecule has 4 amide bonds. The minimum absolute atomic E-state index is 0.242. The summed E-state index contributed by atoms with van der Waals surface area (Å²) in [5.74, 6) is -1.68. The number of carbonyl (C=O) groups is 4.